The number of unbranched alkanes of at least 4 members (excludes halogenated alkanes) is 11. The second-order valence-corrected chi connectivity index (χ2v) is 6.80. The van der Waals surface area contributed by atoms with Crippen molar-refractivity contribution in [3.05, 3.63) is 12.2 Å². The number of ether oxygens (including phenoxy) is 1. The van der Waals surface area contributed by atoms with E-state index >= 15 is 0 Å². The molecule has 1 unspecified atom stereocenters. The van der Waals surface area contributed by atoms with Crippen molar-refractivity contribution in [1.82, 2.24) is 0 Å². The summed E-state index contributed by atoms with van der Waals surface area (Å²) in [4.78, 5) is 22.3. The zero-order valence-electron chi connectivity index (χ0n) is 16.3. The van der Waals surface area contributed by atoms with E-state index in [-0.39, 0.29) is 25.3 Å². The average molecular weight is 362 g/mol. The van der Waals surface area contributed by atoms with E-state index in [1.54, 1.807) is 0 Å². The molecule has 0 amide bonds. The summed E-state index contributed by atoms with van der Waals surface area (Å²) in [5, 5.41) is 8.94. The number of allylic oxidation sites excluding steroid dienone is 2. The van der Waals surface area contributed by atoms with Crippen LogP contribution in [-0.2, 0) is 14.3 Å². The Kier molecular flexibility index (Phi) is 22.1. The van der Waals surface area contributed by atoms with Crippen LogP contribution < -0.4 is 0 Å². The standard InChI is InChI=1S/C21H38O4.Li.H/c1-3-4-5-6-7-8-9-10-11-12-13-14-15-16-17-18-20(23)25-21(24)19(2)22;;/h10-11,19,22H,3-9,12-18H2,1-2H3;;/b11-10-;;. The molecular weight excluding hydrogens is 323 g/mol. The molecule has 0 bridgehead atoms. The van der Waals surface area contributed by atoms with Crippen LogP contribution in [0.2, 0.25) is 0 Å². The molecule has 0 spiro atoms. The molecule has 0 aliphatic heterocycles. The molecule has 0 heterocycles. The molecule has 4 nitrogen and oxygen atoms in total. The first kappa shape index (κ1) is 27.7. The molecule has 0 aromatic heterocycles. The Morgan fingerprint density at radius 2 is 1.31 bits per heavy atom. The minimum absolute atomic E-state index is 0. The van der Waals surface area contributed by atoms with Gasteiger partial charge < -0.3 is 9.84 Å². The molecule has 148 valence electrons. The fourth-order valence-electron chi connectivity index (χ4n) is 2.59. The molecule has 0 aliphatic carbocycles. The van der Waals surface area contributed by atoms with Gasteiger partial charge in [0.15, 0.2) is 0 Å². The Hall–Kier alpha value is -0.563. The molecule has 1 N–H and O–H groups in total. The van der Waals surface area contributed by atoms with Crippen molar-refractivity contribution < 1.29 is 19.4 Å². The Bertz CT molecular complexity index is 367. The molecule has 26 heavy (non-hydrogen) atoms. The van der Waals surface area contributed by atoms with Gasteiger partial charge in [0.2, 0.25) is 0 Å². The summed E-state index contributed by atoms with van der Waals surface area (Å²) in [6.45, 7) is 3.54. The second-order valence-electron chi connectivity index (χ2n) is 6.80. The van der Waals surface area contributed by atoms with Gasteiger partial charge in [0, 0.05) is 6.42 Å². The van der Waals surface area contributed by atoms with E-state index in [1.165, 1.54) is 64.7 Å². The molecule has 0 aromatic carbocycles. The van der Waals surface area contributed by atoms with Crippen LogP contribution in [0.1, 0.15) is 104 Å². The number of hydrogen-bond acceptors (Lipinski definition) is 4. The van der Waals surface area contributed by atoms with Gasteiger partial charge in [0.05, 0.1) is 0 Å². The zero-order valence-corrected chi connectivity index (χ0v) is 16.3. The Morgan fingerprint density at radius 1 is 0.846 bits per heavy atom. The van der Waals surface area contributed by atoms with Crippen molar-refractivity contribution in [3.63, 3.8) is 0 Å². The van der Waals surface area contributed by atoms with E-state index in [1.807, 2.05) is 0 Å². The monoisotopic (exact) mass is 362 g/mol. The predicted octanol–water partition coefficient (Wildman–Crippen LogP) is 4.83. The number of esters is 2. The summed E-state index contributed by atoms with van der Waals surface area (Å²) in [6.07, 6.45) is 19.3. The van der Waals surface area contributed by atoms with Crippen molar-refractivity contribution >= 4 is 30.8 Å². The number of carbonyl (C=O) groups excluding carboxylic acids is 2. The molecule has 0 radical (unpaired) electrons. The van der Waals surface area contributed by atoms with Crippen LogP contribution in [0.3, 0.4) is 0 Å². The fourth-order valence-corrected chi connectivity index (χ4v) is 2.59. The van der Waals surface area contributed by atoms with Gasteiger partial charge in [0.1, 0.15) is 6.10 Å². The van der Waals surface area contributed by atoms with Gasteiger partial charge in [-0.2, -0.15) is 0 Å². The molecule has 0 saturated heterocycles. The van der Waals surface area contributed by atoms with Crippen molar-refractivity contribution in [2.75, 3.05) is 0 Å². The maximum atomic E-state index is 11.3. The molecule has 0 fully saturated rings. The fraction of sp³-hybridized carbons (Fsp3) is 0.810. The third kappa shape index (κ3) is 19.8. The Labute approximate surface area is 172 Å². The van der Waals surface area contributed by atoms with Gasteiger partial charge in [0.25, 0.3) is 0 Å². The van der Waals surface area contributed by atoms with Crippen LogP contribution in [-0.4, -0.2) is 42.0 Å². The Balaban J connectivity index is 0. The van der Waals surface area contributed by atoms with Gasteiger partial charge in [-0.1, -0.05) is 70.4 Å². The van der Waals surface area contributed by atoms with Gasteiger partial charge >= 0.3 is 30.8 Å². The molecule has 0 rings (SSSR count). The molecule has 0 aliphatic rings. The average Bonchev–Trinajstić information content (AvgIpc) is 2.58. The van der Waals surface area contributed by atoms with Crippen LogP contribution >= 0.6 is 0 Å². The molecule has 5 heteroatoms. The van der Waals surface area contributed by atoms with Crippen LogP contribution in [0.25, 0.3) is 0 Å². The van der Waals surface area contributed by atoms with Gasteiger partial charge in [-0.25, -0.2) is 4.79 Å². The predicted molar refractivity (Wildman–Crippen MR) is 109 cm³/mol. The number of hydrogen-bond donors (Lipinski definition) is 1. The summed E-state index contributed by atoms with van der Waals surface area (Å²) in [5.74, 6) is -1.40. The van der Waals surface area contributed by atoms with Crippen LogP contribution in [0.4, 0.5) is 0 Å². The zero-order chi connectivity index (χ0) is 18.8. The van der Waals surface area contributed by atoms with Gasteiger partial charge in [-0.05, 0) is 39.0 Å². The van der Waals surface area contributed by atoms with Crippen LogP contribution in [0.15, 0.2) is 12.2 Å². The van der Waals surface area contributed by atoms with E-state index in [2.05, 4.69) is 23.8 Å². The van der Waals surface area contributed by atoms with E-state index in [4.69, 9.17) is 5.11 Å². The number of aliphatic hydroxyl groups excluding tert-OH is 1. The van der Waals surface area contributed by atoms with Crippen molar-refractivity contribution in [1.29, 1.82) is 0 Å². The van der Waals surface area contributed by atoms with Gasteiger partial charge in [-0.15, -0.1) is 0 Å². The summed E-state index contributed by atoms with van der Waals surface area (Å²) < 4.78 is 4.49. The molecule has 0 aromatic rings. The quantitative estimate of drug-likeness (QED) is 0.140. The maximum absolute atomic E-state index is 11.3. The van der Waals surface area contributed by atoms with E-state index < -0.39 is 18.0 Å². The topological polar surface area (TPSA) is 63.6 Å². The summed E-state index contributed by atoms with van der Waals surface area (Å²) in [5.41, 5.74) is 0. The first-order chi connectivity index (χ1) is 12.1. The molecular formula is C21H39LiO4. The van der Waals surface area contributed by atoms with E-state index in [9.17, 15) is 9.59 Å². The molecule has 1 atom stereocenters. The third-order valence-corrected chi connectivity index (χ3v) is 4.20. The van der Waals surface area contributed by atoms with Crippen molar-refractivity contribution in [3.8, 4) is 0 Å². The first-order valence-electron chi connectivity index (χ1n) is 10.2. The van der Waals surface area contributed by atoms with E-state index in [0.29, 0.717) is 0 Å². The molecule has 0 saturated carbocycles. The van der Waals surface area contributed by atoms with Crippen LogP contribution in [0, 0.1) is 0 Å². The van der Waals surface area contributed by atoms with Crippen molar-refractivity contribution in [2.24, 2.45) is 0 Å². The number of aliphatic hydroxyl groups is 1. The second kappa shape index (κ2) is 20.7. The van der Waals surface area contributed by atoms with Crippen molar-refractivity contribution in [2.45, 2.75) is 110 Å². The normalized spacial score (nSPS) is 12.0. The third-order valence-electron chi connectivity index (χ3n) is 4.20. The summed E-state index contributed by atoms with van der Waals surface area (Å²) in [7, 11) is 0. The van der Waals surface area contributed by atoms with Crippen LogP contribution in [0.5, 0.6) is 0 Å². The summed E-state index contributed by atoms with van der Waals surface area (Å²) >= 11 is 0. The Morgan fingerprint density at radius 3 is 1.81 bits per heavy atom. The summed E-state index contributed by atoms with van der Waals surface area (Å²) in [6, 6.07) is 0. The minimum atomic E-state index is -1.24. The van der Waals surface area contributed by atoms with E-state index in [0.717, 1.165) is 25.7 Å². The number of rotatable bonds is 16. The van der Waals surface area contributed by atoms with Gasteiger partial charge in [-0.3, -0.25) is 4.79 Å². The first-order valence-corrected chi connectivity index (χ1v) is 10.2. The SMILES string of the molecule is CCCCCCCC/C=C\CCCCCCCC(=O)OC(=O)C(C)O.[LiH]. The number of carbonyl (C=O) groups is 2.